The van der Waals surface area contributed by atoms with Gasteiger partial charge in [0.1, 0.15) is 34.2 Å². The molecule has 1 aliphatic carbocycles. The molecule has 0 bridgehead atoms. The Labute approximate surface area is 181 Å². The number of phenolic OH excluding ortho intramolecular Hbond substituents is 4. The summed E-state index contributed by atoms with van der Waals surface area (Å²) in [4.78, 5) is 17.3. The monoisotopic (exact) mass is 427 g/mol. The Balaban J connectivity index is 1.73. The molecule has 3 aromatic rings. The average molecular weight is 427 g/mol. The molecular formula is C25H17NO6. The molecule has 7 heteroatoms. The van der Waals surface area contributed by atoms with Crippen molar-refractivity contribution in [3.8, 4) is 56.7 Å². The Kier molecular flexibility index (Phi) is 4.27. The molecule has 4 N–H and O–H groups in total. The molecule has 1 heterocycles. The summed E-state index contributed by atoms with van der Waals surface area (Å²) in [6.07, 6.45) is 0. The normalized spacial score (nSPS) is 11.3. The number of rotatable bonds is 2. The minimum absolute atomic E-state index is 0.00538. The fourth-order valence-electron chi connectivity index (χ4n) is 3.74. The number of phenols is 4. The van der Waals surface area contributed by atoms with Crippen LogP contribution in [0.2, 0.25) is 0 Å². The molecule has 3 aromatic carbocycles. The van der Waals surface area contributed by atoms with Crippen LogP contribution < -0.4 is 5.43 Å². The lowest BCUT2D eigenvalue weighted by Gasteiger charge is -2.12. The minimum atomic E-state index is -0.337. The molecule has 0 unspecified atom stereocenters. The van der Waals surface area contributed by atoms with Gasteiger partial charge in [-0.05, 0) is 42.8 Å². The van der Waals surface area contributed by atoms with Crippen LogP contribution in [0.25, 0.3) is 44.8 Å². The summed E-state index contributed by atoms with van der Waals surface area (Å²) in [6.45, 7) is 1.84. The van der Waals surface area contributed by atoms with Crippen molar-refractivity contribution < 1.29 is 24.8 Å². The van der Waals surface area contributed by atoms with Crippen molar-refractivity contribution in [1.82, 2.24) is 4.98 Å². The van der Waals surface area contributed by atoms with Crippen molar-refractivity contribution in [1.29, 1.82) is 0 Å². The zero-order valence-corrected chi connectivity index (χ0v) is 16.8. The van der Waals surface area contributed by atoms with Crippen LogP contribution in [0.4, 0.5) is 0 Å². The zero-order chi connectivity index (χ0) is 22.6. The number of benzene rings is 4. The minimum Gasteiger partial charge on any atom is -0.508 e. The Morgan fingerprint density at radius 2 is 1.41 bits per heavy atom. The molecule has 0 amide bonds. The van der Waals surface area contributed by atoms with Gasteiger partial charge in [0.05, 0.1) is 0 Å². The Hall–Kier alpha value is -4.52. The van der Waals surface area contributed by atoms with E-state index in [1.165, 1.54) is 30.3 Å². The lowest BCUT2D eigenvalue weighted by molar-refractivity contribution is 0.450. The number of fused-ring (bicyclic) bond motifs is 2. The maximum Gasteiger partial charge on any atom is 0.190 e. The van der Waals surface area contributed by atoms with Crippen molar-refractivity contribution in [3.05, 3.63) is 76.5 Å². The van der Waals surface area contributed by atoms with Gasteiger partial charge in [-0.1, -0.05) is 12.1 Å². The van der Waals surface area contributed by atoms with E-state index in [4.69, 9.17) is 4.42 Å². The quantitative estimate of drug-likeness (QED) is 0.300. The van der Waals surface area contributed by atoms with E-state index in [0.29, 0.717) is 27.9 Å². The van der Waals surface area contributed by atoms with Gasteiger partial charge in [-0.25, -0.2) is 4.98 Å². The number of hydrogen-bond acceptors (Lipinski definition) is 7. The fraction of sp³-hybridized carbons (Fsp3) is 0.0400. The number of hydrogen-bond donors (Lipinski definition) is 4. The smallest absolute Gasteiger partial charge is 0.190 e. The number of aromatic hydroxyl groups is 4. The van der Waals surface area contributed by atoms with Crippen LogP contribution in [0.1, 0.15) is 5.56 Å². The molecule has 0 spiro atoms. The Morgan fingerprint density at radius 1 is 0.719 bits per heavy atom. The highest BCUT2D eigenvalue weighted by molar-refractivity contribution is 5.88. The predicted molar refractivity (Wildman–Crippen MR) is 119 cm³/mol. The Bertz CT molecular complexity index is 1550. The first-order valence-corrected chi connectivity index (χ1v) is 9.74. The second-order valence-corrected chi connectivity index (χ2v) is 7.59. The van der Waals surface area contributed by atoms with Crippen LogP contribution in [0.5, 0.6) is 23.0 Å². The van der Waals surface area contributed by atoms with Crippen molar-refractivity contribution >= 4 is 11.1 Å². The van der Waals surface area contributed by atoms with E-state index in [9.17, 15) is 25.2 Å². The topological polar surface area (TPSA) is 124 Å². The second kappa shape index (κ2) is 7.02. The van der Waals surface area contributed by atoms with Crippen molar-refractivity contribution in [2.75, 3.05) is 0 Å². The number of aromatic nitrogens is 1. The Morgan fingerprint density at radius 3 is 2.16 bits per heavy atom. The number of nitrogens with zero attached hydrogens (tertiary/aromatic N) is 1. The van der Waals surface area contributed by atoms with Gasteiger partial charge in [-0.3, -0.25) is 4.79 Å². The third kappa shape index (κ3) is 3.16. The van der Waals surface area contributed by atoms with Gasteiger partial charge in [-0.2, -0.15) is 0 Å². The predicted octanol–water partition coefficient (Wildman–Crippen LogP) is 4.76. The molecule has 0 saturated carbocycles. The molecule has 0 aromatic heterocycles. The van der Waals surface area contributed by atoms with Crippen LogP contribution in [0, 0.1) is 6.92 Å². The summed E-state index contributed by atoms with van der Waals surface area (Å²) >= 11 is 0. The first kappa shape index (κ1) is 19.4. The van der Waals surface area contributed by atoms with E-state index in [2.05, 4.69) is 4.98 Å². The van der Waals surface area contributed by atoms with Crippen molar-refractivity contribution in [2.24, 2.45) is 0 Å². The summed E-state index contributed by atoms with van der Waals surface area (Å²) in [5.41, 5.74) is 2.84. The van der Waals surface area contributed by atoms with E-state index in [0.717, 1.165) is 5.56 Å². The first-order valence-electron chi connectivity index (χ1n) is 9.74. The fourth-order valence-corrected chi connectivity index (χ4v) is 3.74. The molecular weight excluding hydrogens is 410 g/mol. The summed E-state index contributed by atoms with van der Waals surface area (Å²) in [7, 11) is 0. The van der Waals surface area contributed by atoms with Crippen LogP contribution in [-0.4, -0.2) is 25.4 Å². The number of aryl methyl sites for hydroxylation is 1. The van der Waals surface area contributed by atoms with Crippen molar-refractivity contribution in [3.63, 3.8) is 0 Å². The SMILES string of the molecule is Cc1ccc(-c2cc3nc4cc(-c5ccc(O)cc5O)c(O)cc4oc-3cc2=O)c(O)c1. The van der Waals surface area contributed by atoms with Crippen molar-refractivity contribution in [2.45, 2.75) is 6.92 Å². The molecule has 5 rings (SSSR count). The third-order valence-corrected chi connectivity index (χ3v) is 5.31. The van der Waals surface area contributed by atoms with Gasteiger partial charge in [-0.15, -0.1) is 0 Å². The van der Waals surface area contributed by atoms with Gasteiger partial charge >= 0.3 is 0 Å². The second-order valence-electron chi connectivity index (χ2n) is 7.59. The molecule has 1 aliphatic heterocycles. The van der Waals surface area contributed by atoms with Crippen LogP contribution >= 0.6 is 0 Å². The molecule has 7 nitrogen and oxygen atoms in total. The van der Waals surface area contributed by atoms with E-state index >= 15 is 0 Å². The van der Waals surface area contributed by atoms with Crippen LogP contribution in [-0.2, 0) is 0 Å². The lowest BCUT2D eigenvalue weighted by Crippen LogP contribution is -2.06. The third-order valence-electron chi connectivity index (χ3n) is 5.31. The highest BCUT2D eigenvalue weighted by atomic mass is 16.3. The standard InChI is InChI=1S/C25H17NO6/c1-12-2-4-14(20(28)6-12)16-8-18-24(10-22(16)30)32-25-11-23(31)17(9-19(25)26-18)15-5-3-13(27)7-21(15)29/h2-11,27-29,31H,1H3. The summed E-state index contributed by atoms with van der Waals surface area (Å²) in [6, 6.07) is 14.9. The van der Waals surface area contributed by atoms with E-state index < -0.39 is 0 Å². The molecule has 0 fully saturated rings. The zero-order valence-electron chi connectivity index (χ0n) is 16.8. The molecule has 0 atom stereocenters. The maximum absolute atomic E-state index is 12.7. The van der Waals surface area contributed by atoms with Gasteiger partial charge in [0.25, 0.3) is 0 Å². The summed E-state index contributed by atoms with van der Waals surface area (Å²) in [5.74, 6) is -0.241. The first-order chi connectivity index (χ1) is 15.3. The van der Waals surface area contributed by atoms with Gasteiger partial charge in [0.2, 0.25) is 0 Å². The van der Waals surface area contributed by atoms with Gasteiger partial charge < -0.3 is 24.8 Å². The van der Waals surface area contributed by atoms with Crippen LogP contribution in [0.3, 0.4) is 0 Å². The largest absolute Gasteiger partial charge is 0.508 e. The molecule has 158 valence electrons. The molecule has 0 radical (unpaired) electrons. The lowest BCUT2D eigenvalue weighted by atomic mass is 10.00. The van der Waals surface area contributed by atoms with Crippen LogP contribution in [0.15, 0.2) is 69.9 Å². The highest BCUT2D eigenvalue weighted by Gasteiger charge is 2.18. The molecule has 0 saturated heterocycles. The maximum atomic E-state index is 12.7. The average Bonchev–Trinajstić information content (AvgIpc) is 2.72. The molecule has 2 aliphatic rings. The van der Waals surface area contributed by atoms with E-state index in [-0.39, 0.29) is 45.3 Å². The molecule has 32 heavy (non-hydrogen) atoms. The summed E-state index contributed by atoms with van der Waals surface area (Å²) < 4.78 is 5.80. The van der Waals surface area contributed by atoms with Gasteiger partial charge in [0, 0.05) is 40.5 Å². The summed E-state index contributed by atoms with van der Waals surface area (Å²) in [5, 5.41) is 40.5. The highest BCUT2D eigenvalue weighted by Crippen LogP contribution is 2.40. The van der Waals surface area contributed by atoms with E-state index in [1.54, 1.807) is 30.3 Å². The van der Waals surface area contributed by atoms with E-state index in [1.807, 2.05) is 6.92 Å². The van der Waals surface area contributed by atoms with Gasteiger partial charge in [0.15, 0.2) is 16.8 Å².